The zero-order chi connectivity index (χ0) is 22.2. The standard InChI is InChI=1S/C25H35N5O2/c1-2-26-25(28-14-13-27-24(31)23-11-7-17-32-23)30-16-12-22-21(19-30)10-6-15-29(22)18-20-8-4-3-5-9-20/h3-5,7-9,11,17,21-22H,2,6,10,12-16,18-19H2,1H3,(H,26,28)(H,27,31). The van der Waals surface area contributed by atoms with Gasteiger partial charge in [-0.1, -0.05) is 30.3 Å². The minimum Gasteiger partial charge on any atom is -0.459 e. The molecule has 0 radical (unpaired) electrons. The van der Waals surface area contributed by atoms with Crippen LogP contribution in [0, 0.1) is 5.92 Å². The Morgan fingerprint density at radius 1 is 1.12 bits per heavy atom. The van der Waals surface area contributed by atoms with Crippen LogP contribution in [0.5, 0.6) is 0 Å². The summed E-state index contributed by atoms with van der Waals surface area (Å²) in [5.41, 5.74) is 1.40. The van der Waals surface area contributed by atoms with Crippen LogP contribution in [0.2, 0.25) is 0 Å². The van der Waals surface area contributed by atoms with Crippen LogP contribution in [-0.4, -0.2) is 67.0 Å². The zero-order valence-corrected chi connectivity index (χ0v) is 19.0. The third kappa shape index (κ3) is 5.71. The van der Waals surface area contributed by atoms with Gasteiger partial charge in [-0.25, -0.2) is 0 Å². The van der Waals surface area contributed by atoms with Crippen molar-refractivity contribution in [3.8, 4) is 0 Å². The number of carbonyl (C=O) groups excluding carboxylic acids is 1. The fraction of sp³-hybridized carbons (Fsp3) is 0.520. The smallest absolute Gasteiger partial charge is 0.287 e. The fourth-order valence-corrected chi connectivity index (χ4v) is 4.97. The van der Waals surface area contributed by atoms with Crippen molar-refractivity contribution in [3.05, 3.63) is 60.1 Å². The summed E-state index contributed by atoms with van der Waals surface area (Å²) in [4.78, 5) is 21.9. The monoisotopic (exact) mass is 437 g/mol. The van der Waals surface area contributed by atoms with E-state index in [2.05, 4.69) is 57.7 Å². The summed E-state index contributed by atoms with van der Waals surface area (Å²) in [5, 5.41) is 6.31. The van der Waals surface area contributed by atoms with E-state index in [1.807, 2.05) is 0 Å². The van der Waals surface area contributed by atoms with Crippen LogP contribution in [0.25, 0.3) is 0 Å². The Morgan fingerprint density at radius 3 is 2.78 bits per heavy atom. The largest absolute Gasteiger partial charge is 0.459 e. The van der Waals surface area contributed by atoms with Gasteiger partial charge in [0.25, 0.3) is 5.91 Å². The van der Waals surface area contributed by atoms with Gasteiger partial charge in [0.2, 0.25) is 0 Å². The van der Waals surface area contributed by atoms with Gasteiger partial charge >= 0.3 is 0 Å². The van der Waals surface area contributed by atoms with Crippen molar-refractivity contribution < 1.29 is 9.21 Å². The van der Waals surface area contributed by atoms with Crippen molar-refractivity contribution in [1.29, 1.82) is 0 Å². The third-order valence-electron chi connectivity index (χ3n) is 6.45. The first-order valence-electron chi connectivity index (χ1n) is 11.9. The maximum atomic E-state index is 12.0. The van der Waals surface area contributed by atoms with E-state index in [1.54, 1.807) is 12.1 Å². The van der Waals surface area contributed by atoms with E-state index < -0.39 is 0 Å². The second kappa shape index (κ2) is 11.2. The van der Waals surface area contributed by atoms with Crippen LogP contribution in [-0.2, 0) is 6.54 Å². The number of carbonyl (C=O) groups is 1. The summed E-state index contributed by atoms with van der Waals surface area (Å²) in [6.07, 6.45) is 5.21. The molecule has 2 atom stereocenters. The number of rotatable bonds is 7. The minimum atomic E-state index is -0.197. The first-order chi connectivity index (χ1) is 15.7. The number of hydrogen-bond donors (Lipinski definition) is 2. The molecule has 2 N–H and O–H groups in total. The van der Waals surface area contributed by atoms with E-state index in [0.29, 0.717) is 30.8 Å². The summed E-state index contributed by atoms with van der Waals surface area (Å²) in [7, 11) is 0. The molecule has 2 aliphatic heterocycles. The summed E-state index contributed by atoms with van der Waals surface area (Å²) >= 11 is 0. The predicted octanol–water partition coefficient (Wildman–Crippen LogP) is 2.96. The molecule has 3 heterocycles. The van der Waals surface area contributed by atoms with Gasteiger partial charge in [0.1, 0.15) is 0 Å². The lowest BCUT2D eigenvalue weighted by atomic mass is 9.83. The number of amides is 1. The highest BCUT2D eigenvalue weighted by atomic mass is 16.3. The van der Waals surface area contributed by atoms with Crippen molar-refractivity contribution >= 4 is 11.9 Å². The van der Waals surface area contributed by atoms with Gasteiger partial charge in [0.15, 0.2) is 11.7 Å². The molecule has 2 fully saturated rings. The molecule has 0 saturated carbocycles. The maximum absolute atomic E-state index is 12.0. The molecule has 7 nitrogen and oxygen atoms in total. The summed E-state index contributed by atoms with van der Waals surface area (Å²) < 4.78 is 5.13. The molecule has 32 heavy (non-hydrogen) atoms. The predicted molar refractivity (Wildman–Crippen MR) is 127 cm³/mol. The minimum absolute atomic E-state index is 0.197. The van der Waals surface area contributed by atoms with Crippen LogP contribution in [0.15, 0.2) is 58.1 Å². The number of nitrogens with one attached hydrogen (secondary N) is 2. The van der Waals surface area contributed by atoms with Gasteiger partial charge in [-0.2, -0.15) is 0 Å². The van der Waals surface area contributed by atoms with Gasteiger partial charge in [0.05, 0.1) is 12.8 Å². The van der Waals surface area contributed by atoms with Gasteiger partial charge in [0, 0.05) is 38.8 Å². The Morgan fingerprint density at radius 2 is 2.00 bits per heavy atom. The molecule has 4 rings (SSSR count). The Balaban J connectivity index is 1.31. The van der Waals surface area contributed by atoms with E-state index in [-0.39, 0.29) is 5.91 Å². The van der Waals surface area contributed by atoms with Gasteiger partial charge < -0.3 is 20.0 Å². The Hall–Kier alpha value is -2.80. The van der Waals surface area contributed by atoms with E-state index in [9.17, 15) is 4.79 Å². The molecule has 2 saturated heterocycles. The van der Waals surface area contributed by atoms with Crippen molar-refractivity contribution in [2.24, 2.45) is 10.9 Å². The number of fused-ring (bicyclic) bond motifs is 1. The Bertz CT molecular complexity index is 868. The number of guanidine groups is 1. The molecule has 0 spiro atoms. The number of likely N-dealkylation sites (tertiary alicyclic amines) is 2. The molecule has 1 aromatic carbocycles. The van der Waals surface area contributed by atoms with E-state index in [0.717, 1.165) is 38.6 Å². The molecule has 0 bridgehead atoms. The summed E-state index contributed by atoms with van der Waals surface area (Å²) in [6, 6.07) is 14.9. The highest BCUT2D eigenvalue weighted by Gasteiger charge is 2.36. The number of nitrogens with zero attached hydrogens (tertiary/aromatic N) is 3. The number of furan rings is 1. The molecule has 1 aromatic heterocycles. The highest BCUT2D eigenvalue weighted by Crippen LogP contribution is 2.31. The Labute approximate surface area is 190 Å². The van der Waals surface area contributed by atoms with Crippen LogP contribution in [0.3, 0.4) is 0 Å². The van der Waals surface area contributed by atoms with Crippen LogP contribution in [0.1, 0.15) is 42.3 Å². The summed E-state index contributed by atoms with van der Waals surface area (Å²) in [5.74, 6) is 1.76. The summed E-state index contributed by atoms with van der Waals surface area (Å²) in [6.45, 7) is 8.26. The molecule has 2 aliphatic rings. The second-order valence-electron chi connectivity index (χ2n) is 8.63. The molecular formula is C25H35N5O2. The van der Waals surface area contributed by atoms with Gasteiger partial charge in [-0.3, -0.25) is 14.7 Å². The van der Waals surface area contributed by atoms with Crippen molar-refractivity contribution in [1.82, 2.24) is 20.4 Å². The van der Waals surface area contributed by atoms with E-state index in [4.69, 9.17) is 9.41 Å². The van der Waals surface area contributed by atoms with Crippen molar-refractivity contribution in [2.45, 2.75) is 38.8 Å². The third-order valence-corrected chi connectivity index (χ3v) is 6.45. The quantitative estimate of drug-likeness (QED) is 0.396. The molecule has 2 unspecified atom stereocenters. The lowest BCUT2D eigenvalue weighted by molar-refractivity contribution is 0.0372. The Kier molecular flexibility index (Phi) is 7.82. The average Bonchev–Trinajstić information content (AvgIpc) is 3.37. The highest BCUT2D eigenvalue weighted by molar-refractivity contribution is 5.91. The SMILES string of the molecule is CCNC(=NCCNC(=O)c1ccco1)N1CCC2C(CCCN2Cc2ccccc2)C1. The van der Waals surface area contributed by atoms with E-state index in [1.165, 1.54) is 31.2 Å². The molecule has 172 valence electrons. The lowest BCUT2D eigenvalue weighted by Gasteiger charge is -2.48. The number of piperidine rings is 2. The first-order valence-corrected chi connectivity index (χ1v) is 11.9. The van der Waals surface area contributed by atoms with Crippen molar-refractivity contribution in [2.75, 3.05) is 39.3 Å². The van der Waals surface area contributed by atoms with E-state index >= 15 is 0 Å². The zero-order valence-electron chi connectivity index (χ0n) is 19.0. The normalized spacial score (nSPS) is 21.8. The molecule has 0 aliphatic carbocycles. The molecule has 2 aromatic rings. The fourth-order valence-electron chi connectivity index (χ4n) is 4.97. The topological polar surface area (TPSA) is 73.1 Å². The van der Waals surface area contributed by atoms with Crippen LogP contribution >= 0.6 is 0 Å². The maximum Gasteiger partial charge on any atom is 0.287 e. The van der Waals surface area contributed by atoms with Crippen molar-refractivity contribution in [3.63, 3.8) is 0 Å². The number of hydrogen-bond acceptors (Lipinski definition) is 4. The molecule has 1 amide bonds. The number of aliphatic imine (C=N–C) groups is 1. The van der Waals surface area contributed by atoms with Crippen LogP contribution in [0.4, 0.5) is 0 Å². The molecule has 7 heteroatoms. The second-order valence-corrected chi connectivity index (χ2v) is 8.63. The van der Waals surface area contributed by atoms with Gasteiger partial charge in [-0.15, -0.1) is 0 Å². The number of benzene rings is 1. The lowest BCUT2D eigenvalue weighted by Crippen LogP contribution is -2.56. The van der Waals surface area contributed by atoms with Gasteiger partial charge in [-0.05, 0) is 56.3 Å². The van der Waals surface area contributed by atoms with Crippen LogP contribution < -0.4 is 10.6 Å². The average molecular weight is 438 g/mol. The molecular weight excluding hydrogens is 402 g/mol. The first kappa shape index (κ1) is 22.4.